The third kappa shape index (κ3) is 6.78. The fourth-order valence-electron chi connectivity index (χ4n) is 4.18. The first-order valence-corrected chi connectivity index (χ1v) is 11.2. The number of hydrogen-bond donors (Lipinski definition) is 1. The Balaban J connectivity index is 1.72. The smallest absolute Gasteiger partial charge is 0.303 e. The van der Waals surface area contributed by atoms with Gasteiger partial charge in [-0.15, -0.1) is 0 Å². The van der Waals surface area contributed by atoms with Gasteiger partial charge < -0.3 is 14.7 Å². The van der Waals surface area contributed by atoms with Crippen molar-refractivity contribution in [2.75, 3.05) is 13.2 Å². The van der Waals surface area contributed by atoms with Crippen molar-refractivity contribution in [3.63, 3.8) is 0 Å². The van der Waals surface area contributed by atoms with Gasteiger partial charge in [-0.25, -0.2) is 4.39 Å². The Morgan fingerprint density at radius 2 is 2.12 bits per heavy atom. The molecule has 1 atom stereocenters. The first-order chi connectivity index (χ1) is 16.0. The first kappa shape index (κ1) is 24.2. The van der Waals surface area contributed by atoms with Gasteiger partial charge in [0.25, 0.3) is 0 Å². The maximum Gasteiger partial charge on any atom is 0.303 e. The number of carboxylic acids is 1. The fourth-order valence-corrected chi connectivity index (χ4v) is 4.18. The normalized spacial score (nSPS) is 18.4. The van der Waals surface area contributed by atoms with Gasteiger partial charge in [0.15, 0.2) is 0 Å². The van der Waals surface area contributed by atoms with E-state index in [2.05, 4.69) is 6.08 Å². The molecule has 0 saturated carbocycles. The number of aliphatic carboxylic acids is 1. The van der Waals surface area contributed by atoms with E-state index in [1.165, 1.54) is 6.08 Å². The van der Waals surface area contributed by atoms with Gasteiger partial charge in [0.2, 0.25) is 5.91 Å². The van der Waals surface area contributed by atoms with E-state index in [9.17, 15) is 14.0 Å². The quantitative estimate of drug-likeness (QED) is 0.382. The van der Waals surface area contributed by atoms with E-state index < -0.39 is 5.97 Å². The SMILES string of the molecule is Cc1ccccc1CC(=O)N1CCC2CC=CC(COC(/C=C/F)=C/C=C/CCC(=O)O)=C21. The maximum absolute atomic E-state index is 13.2. The molecular formula is C27H30FNO4. The van der Waals surface area contributed by atoms with Crippen LogP contribution in [0.3, 0.4) is 0 Å². The molecule has 6 heteroatoms. The molecule has 1 aliphatic heterocycles. The molecule has 2 aliphatic rings. The fraction of sp³-hybridized carbons (Fsp3) is 0.333. The first-order valence-electron chi connectivity index (χ1n) is 11.2. The Morgan fingerprint density at radius 1 is 1.30 bits per heavy atom. The van der Waals surface area contributed by atoms with E-state index in [0.29, 0.717) is 31.5 Å². The summed E-state index contributed by atoms with van der Waals surface area (Å²) in [5.41, 5.74) is 4.07. The van der Waals surface area contributed by atoms with E-state index >= 15 is 0 Å². The van der Waals surface area contributed by atoms with E-state index in [1.54, 1.807) is 18.2 Å². The molecule has 1 heterocycles. The van der Waals surface area contributed by atoms with E-state index in [-0.39, 0.29) is 24.9 Å². The topological polar surface area (TPSA) is 66.8 Å². The molecule has 0 radical (unpaired) electrons. The Bertz CT molecular complexity index is 1020. The van der Waals surface area contributed by atoms with Crippen molar-refractivity contribution in [1.29, 1.82) is 0 Å². The van der Waals surface area contributed by atoms with Crippen molar-refractivity contribution in [2.45, 2.75) is 39.0 Å². The van der Waals surface area contributed by atoms with Crippen molar-refractivity contribution in [2.24, 2.45) is 5.92 Å². The summed E-state index contributed by atoms with van der Waals surface area (Å²) in [6.07, 6.45) is 13.3. The van der Waals surface area contributed by atoms with Gasteiger partial charge in [-0.05, 0) is 43.4 Å². The number of carboxylic acid groups (broad SMARTS) is 1. The van der Waals surface area contributed by atoms with Gasteiger partial charge in [0.05, 0.1) is 12.8 Å². The van der Waals surface area contributed by atoms with E-state index in [4.69, 9.17) is 9.84 Å². The highest BCUT2D eigenvalue weighted by atomic mass is 19.1. The lowest BCUT2D eigenvalue weighted by atomic mass is 9.92. The predicted molar refractivity (Wildman–Crippen MR) is 126 cm³/mol. The van der Waals surface area contributed by atoms with Crippen LogP contribution in [0.4, 0.5) is 4.39 Å². The molecule has 3 rings (SSSR count). The molecule has 0 aromatic heterocycles. The van der Waals surface area contributed by atoms with Gasteiger partial charge in [0, 0.05) is 36.2 Å². The Kier molecular flexibility index (Phi) is 8.81. The molecule has 1 amide bonds. The monoisotopic (exact) mass is 451 g/mol. The number of nitrogens with zero attached hydrogens (tertiary/aromatic N) is 1. The van der Waals surface area contributed by atoms with Gasteiger partial charge in [-0.3, -0.25) is 9.59 Å². The molecular weight excluding hydrogens is 421 g/mol. The molecule has 33 heavy (non-hydrogen) atoms. The summed E-state index contributed by atoms with van der Waals surface area (Å²) in [7, 11) is 0. The van der Waals surface area contributed by atoms with E-state index in [0.717, 1.165) is 35.2 Å². The highest BCUT2D eigenvalue weighted by Gasteiger charge is 2.34. The number of aryl methyl sites for hydroxylation is 1. The molecule has 1 aromatic rings. The van der Waals surface area contributed by atoms with Crippen molar-refractivity contribution >= 4 is 11.9 Å². The van der Waals surface area contributed by atoms with Gasteiger partial charge in [0.1, 0.15) is 12.4 Å². The average molecular weight is 452 g/mol. The molecule has 1 N–H and O–H groups in total. The second-order valence-electron chi connectivity index (χ2n) is 8.19. The molecule has 1 unspecified atom stereocenters. The molecule has 0 spiro atoms. The lowest BCUT2D eigenvalue weighted by molar-refractivity contribution is -0.137. The van der Waals surface area contributed by atoms with Crippen molar-refractivity contribution in [3.05, 3.63) is 95.2 Å². The Morgan fingerprint density at radius 3 is 2.88 bits per heavy atom. The molecule has 1 saturated heterocycles. The third-order valence-electron chi connectivity index (χ3n) is 5.89. The molecule has 1 aromatic carbocycles. The van der Waals surface area contributed by atoms with Crippen LogP contribution in [0.15, 0.2) is 84.1 Å². The van der Waals surface area contributed by atoms with Crippen LogP contribution in [0.25, 0.3) is 0 Å². The lowest BCUT2D eigenvalue weighted by Gasteiger charge is -2.26. The van der Waals surface area contributed by atoms with Crippen molar-refractivity contribution < 1.29 is 23.8 Å². The standard InChI is InChI=1S/C27H30FNO4/c1-20-8-5-6-9-22(20)18-25(30)29-17-15-21-10-7-11-23(27(21)29)19-33-24(14-16-28)12-3-2-4-13-26(31)32/h2-3,5-9,11-12,14,16,21H,4,10,13,15,17-19H2,1H3,(H,31,32)/b3-2+,16-14+,24-12+. The molecule has 1 aliphatic carbocycles. The van der Waals surface area contributed by atoms with Crippen LogP contribution < -0.4 is 0 Å². The second-order valence-corrected chi connectivity index (χ2v) is 8.19. The minimum atomic E-state index is -0.867. The zero-order chi connectivity index (χ0) is 23.6. The van der Waals surface area contributed by atoms with Crippen LogP contribution in [0.2, 0.25) is 0 Å². The summed E-state index contributed by atoms with van der Waals surface area (Å²) >= 11 is 0. The highest BCUT2D eigenvalue weighted by Crippen LogP contribution is 2.37. The summed E-state index contributed by atoms with van der Waals surface area (Å²) in [5.74, 6) is -0.178. The third-order valence-corrected chi connectivity index (χ3v) is 5.89. The number of benzene rings is 1. The zero-order valence-corrected chi connectivity index (χ0v) is 18.9. The Hall–Kier alpha value is -3.41. The predicted octanol–water partition coefficient (Wildman–Crippen LogP) is 5.40. The van der Waals surface area contributed by atoms with E-state index in [1.807, 2.05) is 42.2 Å². The number of allylic oxidation sites excluding steroid dienone is 6. The van der Waals surface area contributed by atoms with Crippen LogP contribution in [0, 0.1) is 12.8 Å². The molecule has 1 fully saturated rings. The summed E-state index contributed by atoms with van der Waals surface area (Å²) < 4.78 is 18.7. The number of likely N-dealkylation sites (tertiary alicyclic amines) is 1. The average Bonchev–Trinajstić information content (AvgIpc) is 3.23. The van der Waals surface area contributed by atoms with Gasteiger partial charge >= 0.3 is 5.97 Å². The van der Waals surface area contributed by atoms with Crippen LogP contribution in [0.5, 0.6) is 0 Å². The van der Waals surface area contributed by atoms with Crippen molar-refractivity contribution in [1.82, 2.24) is 4.90 Å². The minimum absolute atomic E-state index is 0.0360. The molecule has 5 nitrogen and oxygen atoms in total. The number of carbonyl (C=O) groups excluding carboxylic acids is 1. The van der Waals surface area contributed by atoms with Gasteiger partial charge in [-0.2, -0.15) is 0 Å². The van der Waals surface area contributed by atoms with Crippen LogP contribution >= 0.6 is 0 Å². The largest absolute Gasteiger partial charge is 0.489 e. The number of hydrogen-bond acceptors (Lipinski definition) is 3. The summed E-state index contributed by atoms with van der Waals surface area (Å²) in [6, 6.07) is 7.92. The van der Waals surface area contributed by atoms with Crippen molar-refractivity contribution in [3.8, 4) is 0 Å². The van der Waals surface area contributed by atoms with Crippen LogP contribution in [-0.4, -0.2) is 35.0 Å². The molecule has 174 valence electrons. The Labute approximate surface area is 194 Å². The number of ether oxygens (including phenoxy) is 1. The summed E-state index contributed by atoms with van der Waals surface area (Å²) in [5, 5.41) is 8.69. The lowest BCUT2D eigenvalue weighted by Crippen LogP contribution is -2.30. The minimum Gasteiger partial charge on any atom is -0.489 e. The molecule has 0 bridgehead atoms. The number of carbonyl (C=O) groups is 2. The zero-order valence-electron chi connectivity index (χ0n) is 18.9. The summed E-state index contributed by atoms with van der Waals surface area (Å²) in [6.45, 7) is 2.92. The number of rotatable bonds is 10. The number of halogens is 1. The maximum atomic E-state index is 13.2. The summed E-state index contributed by atoms with van der Waals surface area (Å²) in [4.78, 5) is 25.6. The number of amides is 1. The highest BCUT2D eigenvalue weighted by molar-refractivity contribution is 5.81. The number of fused-ring (bicyclic) bond motifs is 1. The van der Waals surface area contributed by atoms with Gasteiger partial charge in [-0.1, -0.05) is 48.6 Å². The van der Waals surface area contributed by atoms with Crippen LogP contribution in [-0.2, 0) is 20.7 Å². The van der Waals surface area contributed by atoms with Crippen LogP contribution in [0.1, 0.15) is 36.8 Å². The second kappa shape index (κ2) is 12.0.